The van der Waals surface area contributed by atoms with Gasteiger partial charge in [-0.3, -0.25) is 4.79 Å². The second kappa shape index (κ2) is 8.65. The number of aliphatic hydroxyl groups excluding tert-OH is 2. The summed E-state index contributed by atoms with van der Waals surface area (Å²) >= 11 is 0. The van der Waals surface area contributed by atoms with Crippen molar-refractivity contribution in [2.24, 2.45) is 0 Å². The third-order valence-electron chi connectivity index (χ3n) is 2.88. The second-order valence-corrected chi connectivity index (χ2v) is 4.16. The van der Waals surface area contributed by atoms with Gasteiger partial charge in [0.2, 0.25) is 0 Å². The molecule has 6 nitrogen and oxygen atoms in total. The van der Waals surface area contributed by atoms with E-state index < -0.39 is 6.29 Å². The highest BCUT2D eigenvalue weighted by atomic mass is 16.7. The number of ether oxygens (including phenoxy) is 2. The summed E-state index contributed by atoms with van der Waals surface area (Å²) in [4.78, 5) is 13.6. The molecule has 112 valence electrons. The molecule has 0 aliphatic heterocycles. The van der Waals surface area contributed by atoms with Gasteiger partial charge in [-0.2, -0.15) is 0 Å². The minimum Gasteiger partial charge on any atom is -0.395 e. The maximum absolute atomic E-state index is 12.2. The number of rotatable bonds is 8. The van der Waals surface area contributed by atoms with Crippen LogP contribution >= 0.6 is 0 Å². The van der Waals surface area contributed by atoms with Gasteiger partial charge < -0.3 is 24.6 Å². The van der Waals surface area contributed by atoms with Crippen LogP contribution in [0.5, 0.6) is 0 Å². The van der Waals surface area contributed by atoms with Gasteiger partial charge in [-0.05, 0) is 12.1 Å². The van der Waals surface area contributed by atoms with E-state index in [2.05, 4.69) is 0 Å². The van der Waals surface area contributed by atoms with Crippen LogP contribution in [0.1, 0.15) is 22.2 Å². The first-order valence-electron chi connectivity index (χ1n) is 6.34. The first-order chi connectivity index (χ1) is 9.67. The molecule has 0 aliphatic carbocycles. The molecular weight excluding hydrogens is 262 g/mol. The predicted octanol–water partition coefficient (Wildman–Crippen LogP) is 0.405. The highest BCUT2D eigenvalue weighted by Gasteiger charge is 2.16. The molecule has 0 unspecified atom stereocenters. The summed E-state index contributed by atoms with van der Waals surface area (Å²) in [6.45, 7) is 0.109. The molecule has 1 aromatic carbocycles. The topological polar surface area (TPSA) is 79.2 Å². The van der Waals surface area contributed by atoms with E-state index in [4.69, 9.17) is 19.7 Å². The van der Waals surface area contributed by atoms with Crippen molar-refractivity contribution in [1.82, 2.24) is 4.90 Å². The lowest BCUT2D eigenvalue weighted by Gasteiger charge is -2.21. The van der Waals surface area contributed by atoms with Crippen LogP contribution in [0.25, 0.3) is 0 Å². The molecule has 0 aromatic heterocycles. The van der Waals surface area contributed by atoms with E-state index in [9.17, 15) is 4.79 Å². The molecule has 1 rings (SSSR count). The van der Waals surface area contributed by atoms with Crippen molar-refractivity contribution in [3.63, 3.8) is 0 Å². The average Bonchev–Trinajstić information content (AvgIpc) is 2.48. The van der Waals surface area contributed by atoms with Gasteiger partial charge in [-0.1, -0.05) is 12.1 Å². The van der Waals surface area contributed by atoms with Crippen molar-refractivity contribution in [2.45, 2.75) is 6.29 Å². The van der Waals surface area contributed by atoms with Crippen molar-refractivity contribution >= 4 is 5.91 Å². The van der Waals surface area contributed by atoms with Crippen LogP contribution in [0.3, 0.4) is 0 Å². The van der Waals surface area contributed by atoms with Crippen LogP contribution in [-0.4, -0.2) is 61.5 Å². The van der Waals surface area contributed by atoms with Gasteiger partial charge in [-0.15, -0.1) is 0 Å². The van der Waals surface area contributed by atoms with Gasteiger partial charge in [0.05, 0.1) is 13.2 Å². The van der Waals surface area contributed by atoms with E-state index in [1.807, 2.05) is 0 Å². The zero-order valence-corrected chi connectivity index (χ0v) is 11.8. The zero-order chi connectivity index (χ0) is 15.0. The minimum absolute atomic E-state index is 0.140. The lowest BCUT2D eigenvalue weighted by atomic mass is 10.1. The summed E-state index contributed by atoms with van der Waals surface area (Å²) < 4.78 is 10.3. The fraction of sp³-hybridized carbons (Fsp3) is 0.500. The van der Waals surface area contributed by atoms with Gasteiger partial charge in [-0.25, -0.2) is 0 Å². The van der Waals surface area contributed by atoms with Crippen LogP contribution in [0, 0.1) is 0 Å². The van der Waals surface area contributed by atoms with E-state index in [0.29, 0.717) is 5.56 Å². The largest absolute Gasteiger partial charge is 0.395 e. The first kappa shape index (κ1) is 16.6. The van der Waals surface area contributed by atoms with Crippen LogP contribution in [0.4, 0.5) is 0 Å². The van der Waals surface area contributed by atoms with Crippen LogP contribution < -0.4 is 0 Å². The number of aliphatic hydroxyl groups is 2. The number of carbonyl (C=O) groups excluding carboxylic acids is 1. The summed E-state index contributed by atoms with van der Waals surface area (Å²) in [7, 11) is 3.08. The van der Waals surface area contributed by atoms with Gasteiger partial charge >= 0.3 is 0 Å². The monoisotopic (exact) mass is 283 g/mol. The lowest BCUT2D eigenvalue weighted by Crippen LogP contribution is -2.35. The third kappa shape index (κ3) is 4.28. The number of carbonyl (C=O) groups is 1. The Labute approximate surface area is 118 Å². The highest BCUT2D eigenvalue weighted by molar-refractivity contribution is 5.94. The highest BCUT2D eigenvalue weighted by Crippen LogP contribution is 2.18. The molecule has 20 heavy (non-hydrogen) atoms. The maximum Gasteiger partial charge on any atom is 0.254 e. The van der Waals surface area contributed by atoms with Gasteiger partial charge in [0, 0.05) is 38.4 Å². The van der Waals surface area contributed by atoms with Crippen molar-refractivity contribution in [3.8, 4) is 0 Å². The minimum atomic E-state index is -0.467. The van der Waals surface area contributed by atoms with Crippen molar-refractivity contribution in [2.75, 3.05) is 40.5 Å². The van der Waals surface area contributed by atoms with E-state index in [-0.39, 0.29) is 32.2 Å². The fourth-order valence-electron chi connectivity index (χ4n) is 1.89. The Hall–Kier alpha value is -1.47. The van der Waals surface area contributed by atoms with Crippen molar-refractivity contribution in [3.05, 3.63) is 35.4 Å². The van der Waals surface area contributed by atoms with Crippen LogP contribution in [0.2, 0.25) is 0 Å². The van der Waals surface area contributed by atoms with Crippen molar-refractivity contribution < 1.29 is 24.5 Å². The molecule has 1 aromatic rings. The summed E-state index contributed by atoms with van der Waals surface area (Å²) in [6, 6.07) is 6.84. The Balaban J connectivity index is 2.83. The zero-order valence-electron chi connectivity index (χ0n) is 11.8. The number of methoxy groups -OCH3 is 2. The van der Waals surface area contributed by atoms with Crippen molar-refractivity contribution in [1.29, 1.82) is 0 Å². The Morgan fingerprint density at radius 3 is 2.00 bits per heavy atom. The Bertz CT molecular complexity index is 397. The standard InChI is InChI=1S/C14H21NO5/c1-19-14(20-2)12-5-3-11(4-6-12)13(18)15(7-9-16)8-10-17/h3-6,14,16-17H,7-10H2,1-2H3. The van der Waals surface area contributed by atoms with Gasteiger partial charge in [0.15, 0.2) is 6.29 Å². The number of amides is 1. The van der Waals surface area contributed by atoms with Crippen LogP contribution in [0.15, 0.2) is 24.3 Å². The smallest absolute Gasteiger partial charge is 0.254 e. The number of hydrogen-bond donors (Lipinski definition) is 2. The van der Waals surface area contributed by atoms with Gasteiger partial charge in [0.1, 0.15) is 0 Å². The molecule has 0 aliphatic rings. The van der Waals surface area contributed by atoms with Crippen LogP contribution in [-0.2, 0) is 9.47 Å². The Kier molecular flexibility index (Phi) is 7.17. The molecule has 0 heterocycles. The molecule has 0 fully saturated rings. The maximum atomic E-state index is 12.2. The fourth-order valence-corrected chi connectivity index (χ4v) is 1.89. The molecule has 6 heteroatoms. The summed E-state index contributed by atoms with van der Waals surface area (Å²) in [5.74, 6) is -0.231. The van der Waals surface area contributed by atoms with E-state index in [0.717, 1.165) is 5.56 Å². The Morgan fingerprint density at radius 2 is 1.60 bits per heavy atom. The molecule has 0 saturated heterocycles. The summed E-state index contributed by atoms with van der Waals surface area (Å²) in [5.41, 5.74) is 1.30. The number of hydrogen-bond acceptors (Lipinski definition) is 5. The Morgan fingerprint density at radius 1 is 1.10 bits per heavy atom. The molecule has 0 bridgehead atoms. The quantitative estimate of drug-likeness (QED) is 0.675. The van der Waals surface area contributed by atoms with E-state index in [1.54, 1.807) is 24.3 Å². The number of benzene rings is 1. The second-order valence-electron chi connectivity index (χ2n) is 4.16. The third-order valence-corrected chi connectivity index (χ3v) is 2.88. The lowest BCUT2D eigenvalue weighted by molar-refractivity contribution is -0.106. The van der Waals surface area contributed by atoms with E-state index >= 15 is 0 Å². The molecule has 0 saturated carbocycles. The summed E-state index contributed by atoms with van der Waals surface area (Å²) in [6.07, 6.45) is -0.467. The molecule has 0 radical (unpaired) electrons. The molecule has 1 amide bonds. The summed E-state index contributed by atoms with van der Waals surface area (Å²) in [5, 5.41) is 17.9. The molecule has 0 spiro atoms. The normalized spacial score (nSPS) is 10.8. The molecule has 0 atom stereocenters. The number of nitrogens with zero attached hydrogens (tertiary/aromatic N) is 1. The average molecular weight is 283 g/mol. The van der Waals surface area contributed by atoms with Gasteiger partial charge in [0.25, 0.3) is 5.91 Å². The SMILES string of the molecule is COC(OC)c1ccc(C(=O)N(CCO)CCO)cc1. The predicted molar refractivity (Wildman–Crippen MR) is 73.3 cm³/mol. The molecule has 2 N–H and O–H groups in total. The molecular formula is C14H21NO5. The first-order valence-corrected chi connectivity index (χ1v) is 6.34. The van der Waals surface area contributed by atoms with E-state index in [1.165, 1.54) is 19.1 Å².